The van der Waals surface area contributed by atoms with Crippen LogP contribution in [-0.4, -0.2) is 39.0 Å². The van der Waals surface area contributed by atoms with E-state index in [1.807, 2.05) is 0 Å². The van der Waals surface area contributed by atoms with E-state index < -0.39 is 17.5 Å². The molecule has 1 fully saturated rings. The highest BCUT2D eigenvalue weighted by atomic mass is 19.1. The van der Waals surface area contributed by atoms with Crippen LogP contribution in [-0.2, 0) is 6.61 Å². The number of aliphatic hydroxyl groups is 1. The average molecular weight is 347 g/mol. The Morgan fingerprint density at radius 1 is 1.40 bits per heavy atom. The van der Waals surface area contributed by atoms with Crippen molar-refractivity contribution in [2.24, 2.45) is 0 Å². The zero-order valence-electron chi connectivity index (χ0n) is 13.9. The van der Waals surface area contributed by atoms with Crippen molar-refractivity contribution in [3.63, 3.8) is 0 Å². The maximum absolute atomic E-state index is 13.9. The van der Waals surface area contributed by atoms with Crippen LogP contribution in [0.4, 0.5) is 8.78 Å². The van der Waals surface area contributed by atoms with Gasteiger partial charge in [0.25, 0.3) is 5.91 Å². The summed E-state index contributed by atoms with van der Waals surface area (Å²) in [4.78, 5) is 22.6. The minimum Gasteiger partial charge on any atom is -0.392 e. The van der Waals surface area contributed by atoms with Gasteiger partial charge in [-0.25, -0.2) is 18.7 Å². The predicted molar refractivity (Wildman–Crippen MR) is 86.9 cm³/mol. The first-order valence-corrected chi connectivity index (χ1v) is 8.17. The summed E-state index contributed by atoms with van der Waals surface area (Å²) < 4.78 is 27.3. The van der Waals surface area contributed by atoms with Crippen LogP contribution in [0.1, 0.15) is 46.2 Å². The Morgan fingerprint density at radius 3 is 2.96 bits per heavy atom. The van der Waals surface area contributed by atoms with Crippen LogP contribution in [0.3, 0.4) is 0 Å². The number of hydrogen-bond acceptors (Lipinski definition) is 4. The van der Waals surface area contributed by atoms with E-state index in [1.165, 1.54) is 4.90 Å². The molecule has 2 aromatic rings. The smallest absolute Gasteiger partial charge is 0.256 e. The topological polar surface area (TPSA) is 66.3 Å². The molecule has 1 unspecified atom stereocenters. The third-order valence-corrected chi connectivity index (χ3v) is 4.44. The van der Waals surface area contributed by atoms with Crippen molar-refractivity contribution < 1.29 is 18.7 Å². The fraction of sp³-hybridized carbons (Fsp3) is 0.389. The number of hydrogen-bond donors (Lipinski definition) is 1. The third-order valence-electron chi connectivity index (χ3n) is 4.44. The summed E-state index contributed by atoms with van der Waals surface area (Å²) in [7, 11) is 0. The number of carbonyl (C=O) groups is 1. The first-order valence-electron chi connectivity index (χ1n) is 8.17. The summed E-state index contributed by atoms with van der Waals surface area (Å²) in [5.41, 5.74) is 1.08. The molecule has 1 amide bonds. The van der Waals surface area contributed by atoms with Crippen molar-refractivity contribution in [1.82, 2.24) is 14.9 Å². The molecule has 1 atom stereocenters. The zero-order valence-corrected chi connectivity index (χ0v) is 13.9. The molecule has 3 rings (SSSR count). The second kappa shape index (κ2) is 7.23. The number of likely N-dealkylation sites (tertiary alicyclic amines) is 1. The van der Waals surface area contributed by atoms with Gasteiger partial charge >= 0.3 is 0 Å². The molecule has 7 heteroatoms. The molecule has 2 heterocycles. The number of piperidine rings is 1. The van der Waals surface area contributed by atoms with Crippen LogP contribution in [0.5, 0.6) is 0 Å². The molecule has 1 aliphatic rings. The second-order valence-corrected chi connectivity index (χ2v) is 6.20. The Labute approximate surface area is 144 Å². The van der Waals surface area contributed by atoms with E-state index in [0.717, 1.165) is 31.0 Å². The van der Waals surface area contributed by atoms with Crippen LogP contribution >= 0.6 is 0 Å². The normalized spacial score (nSPS) is 17.6. The monoisotopic (exact) mass is 347 g/mol. The molecule has 0 radical (unpaired) electrons. The van der Waals surface area contributed by atoms with E-state index in [0.29, 0.717) is 30.2 Å². The van der Waals surface area contributed by atoms with Gasteiger partial charge in [-0.3, -0.25) is 4.79 Å². The van der Waals surface area contributed by atoms with Crippen LogP contribution in [0.2, 0.25) is 0 Å². The molecule has 1 aliphatic heterocycles. The number of nitrogens with zero attached hydrogens (tertiary/aromatic N) is 3. The van der Waals surface area contributed by atoms with Crippen molar-refractivity contribution in [3.05, 3.63) is 58.7 Å². The van der Waals surface area contributed by atoms with Crippen LogP contribution in [0.25, 0.3) is 0 Å². The molecule has 0 aliphatic carbocycles. The summed E-state index contributed by atoms with van der Waals surface area (Å²) >= 11 is 0. The Morgan fingerprint density at radius 2 is 2.20 bits per heavy atom. The number of amides is 1. The Kier molecular flexibility index (Phi) is 5.03. The molecule has 1 saturated heterocycles. The molecule has 0 spiro atoms. The minimum atomic E-state index is -0.734. The Hall–Kier alpha value is -2.41. The van der Waals surface area contributed by atoms with Gasteiger partial charge in [0.15, 0.2) is 0 Å². The maximum atomic E-state index is 13.9. The number of halogens is 2. The third kappa shape index (κ3) is 3.66. The molecule has 0 bridgehead atoms. The van der Waals surface area contributed by atoms with Crippen LogP contribution in [0.15, 0.2) is 24.4 Å². The first kappa shape index (κ1) is 17.4. The first-order chi connectivity index (χ1) is 12.0. The van der Waals surface area contributed by atoms with E-state index in [9.17, 15) is 18.7 Å². The second-order valence-electron chi connectivity index (χ2n) is 6.20. The largest absolute Gasteiger partial charge is 0.392 e. The van der Waals surface area contributed by atoms with Gasteiger partial charge in [0, 0.05) is 30.8 Å². The standard InChI is InChI=1S/C18H19F2N3O2/c1-11-21-8-13(10-24)17(22-11)12-3-2-6-23(9-12)18(25)15-7-14(19)4-5-16(15)20/h4-5,7-8,12,24H,2-3,6,9-10H2,1H3. The number of rotatable bonds is 3. The van der Waals surface area contributed by atoms with Gasteiger partial charge < -0.3 is 10.0 Å². The highest BCUT2D eigenvalue weighted by Gasteiger charge is 2.29. The number of benzene rings is 1. The number of carbonyl (C=O) groups excluding carboxylic acids is 1. The quantitative estimate of drug-likeness (QED) is 0.927. The highest BCUT2D eigenvalue weighted by molar-refractivity contribution is 5.94. The van der Waals surface area contributed by atoms with Gasteiger partial charge in [-0.05, 0) is 38.0 Å². The summed E-state index contributed by atoms with van der Waals surface area (Å²) in [6.45, 7) is 2.40. The van der Waals surface area contributed by atoms with Gasteiger partial charge in [0.1, 0.15) is 17.5 Å². The van der Waals surface area contributed by atoms with Crippen molar-refractivity contribution in [2.45, 2.75) is 32.3 Å². The van der Waals surface area contributed by atoms with Crippen molar-refractivity contribution in [1.29, 1.82) is 0 Å². The van der Waals surface area contributed by atoms with Gasteiger partial charge in [0.05, 0.1) is 17.9 Å². The van der Waals surface area contributed by atoms with Gasteiger partial charge in [-0.1, -0.05) is 0 Å². The molecular formula is C18H19F2N3O2. The average Bonchev–Trinajstić information content (AvgIpc) is 2.63. The predicted octanol–water partition coefficient (Wildman–Crippen LogP) is 2.58. The molecule has 132 valence electrons. The van der Waals surface area contributed by atoms with E-state index in [2.05, 4.69) is 9.97 Å². The van der Waals surface area contributed by atoms with E-state index in [-0.39, 0.29) is 18.1 Å². The molecule has 1 aromatic carbocycles. The van der Waals surface area contributed by atoms with Crippen molar-refractivity contribution in [3.8, 4) is 0 Å². The molecule has 5 nitrogen and oxygen atoms in total. The van der Waals surface area contributed by atoms with Gasteiger partial charge in [0.2, 0.25) is 0 Å². The van der Waals surface area contributed by atoms with Gasteiger partial charge in [-0.15, -0.1) is 0 Å². The lowest BCUT2D eigenvalue weighted by Crippen LogP contribution is -2.40. The van der Waals surface area contributed by atoms with Crippen LogP contribution < -0.4 is 0 Å². The van der Waals surface area contributed by atoms with E-state index in [4.69, 9.17) is 0 Å². The van der Waals surface area contributed by atoms with Crippen LogP contribution in [0, 0.1) is 18.6 Å². The fourth-order valence-corrected chi connectivity index (χ4v) is 3.20. The fourth-order valence-electron chi connectivity index (χ4n) is 3.20. The molecule has 0 saturated carbocycles. The summed E-state index contributed by atoms with van der Waals surface area (Å²) in [5, 5.41) is 9.51. The maximum Gasteiger partial charge on any atom is 0.256 e. The number of aryl methyl sites for hydroxylation is 1. The highest BCUT2D eigenvalue weighted by Crippen LogP contribution is 2.29. The van der Waals surface area contributed by atoms with E-state index in [1.54, 1.807) is 13.1 Å². The van der Waals surface area contributed by atoms with E-state index >= 15 is 0 Å². The lowest BCUT2D eigenvalue weighted by molar-refractivity contribution is 0.0700. The Balaban J connectivity index is 1.85. The summed E-state index contributed by atoms with van der Waals surface area (Å²) in [5.74, 6) is -1.39. The lowest BCUT2D eigenvalue weighted by Gasteiger charge is -2.33. The molecule has 1 N–H and O–H groups in total. The summed E-state index contributed by atoms with van der Waals surface area (Å²) in [6.07, 6.45) is 3.12. The minimum absolute atomic E-state index is 0.0711. The van der Waals surface area contributed by atoms with Crippen molar-refractivity contribution in [2.75, 3.05) is 13.1 Å². The van der Waals surface area contributed by atoms with Gasteiger partial charge in [-0.2, -0.15) is 0 Å². The molecule has 25 heavy (non-hydrogen) atoms. The van der Waals surface area contributed by atoms with Crippen molar-refractivity contribution >= 4 is 5.91 Å². The molecular weight excluding hydrogens is 328 g/mol. The lowest BCUT2D eigenvalue weighted by atomic mass is 9.91. The molecule has 1 aromatic heterocycles. The number of aromatic nitrogens is 2. The summed E-state index contributed by atoms with van der Waals surface area (Å²) in [6, 6.07) is 2.87. The zero-order chi connectivity index (χ0) is 18.0. The SMILES string of the molecule is Cc1ncc(CO)c(C2CCCN(C(=O)c3cc(F)ccc3F)C2)n1. The number of aliphatic hydroxyl groups excluding tert-OH is 1. The Bertz CT molecular complexity index is 798.